The van der Waals surface area contributed by atoms with Gasteiger partial charge in [0.05, 0.1) is 13.0 Å². The van der Waals surface area contributed by atoms with E-state index in [4.69, 9.17) is 9.47 Å². The smallest absolute Gasteiger partial charge is 0.310 e. The van der Waals surface area contributed by atoms with Gasteiger partial charge in [-0.3, -0.25) is 9.78 Å². The molecule has 0 radical (unpaired) electrons. The minimum absolute atomic E-state index is 0.189. The molecule has 3 aromatic rings. The number of hydrogen-bond acceptors (Lipinski definition) is 5. The van der Waals surface area contributed by atoms with Crippen LogP contribution in [0.1, 0.15) is 36.4 Å². The third-order valence-corrected chi connectivity index (χ3v) is 5.27. The zero-order valence-electron chi connectivity index (χ0n) is 15.4. The average Bonchev–Trinajstić information content (AvgIpc) is 3.03. The van der Waals surface area contributed by atoms with Crippen LogP contribution < -0.4 is 4.74 Å². The lowest BCUT2D eigenvalue weighted by Gasteiger charge is -2.09. The number of hydrogen-bond donors (Lipinski definition) is 0. The second kappa shape index (κ2) is 8.32. The summed E-state index contributed by atoms with van der Waals surface area (Å²) in [5.41, 5.74) is 4.21. The summed E-state index contributed by atoms with van der Waals surface area (Å²) in [6.07, 6.45) is 1.24. The van der Waals surface area contributed by atoms with E-state index in [2.05, 4.69) is 24.0 Å². The molecule has 0 saturated carbocycles. The quantitative estimate of drug-likeness (QED) is 0.559. The van der Waals surface area contributed by atoms with Crippen molar-refractivity contribution in [3.8, 4) is 5.75 Å². The summed E-state index contributed by atoms with van der Waals surface area (Å²) in [6.45, 7) is 6.84. The molecule has 0 saturated heterocycles. The van der Waals surface area contributed by atoms with E-state index in [1.807, 2.05) is 37.4 Å². The van der Waals surface area contributed by atoms with Gasteiger partial charge in [0, 0.05) is 21.7 Å². The number of nitrogens with zero attached hydrogens (tertiary/aromatic N) is 1. The largest absolute Gasteiger partial charge is 0.489 e. The Kier molecular flexibility index (Phi) is 5.89. The Morgan fingerprint density at radius 2 is 2.00 bits per heavy atom. The first-order valence-corrected chi connectivity index (χ1v) is 9.72. The van der Waals surface area contributed by atoms with E-state index >= 15 is 0 Å². The molecule has 0 aliphatic carbocycles. The summed E-state index contributed by atoms with van der Waals surface area (Å²) in [5.74, 6) is 0.632. The summed E-state index contributed by atoms with van der Waals surface area (Å²) in [5, 5.41) is 3.10. The Bertz CT molecular complexity index is 917. The molecule has 1 aromatic carbocycles. The van der Waals surface area contributed by atoms with Gasteiger partial charge in [-0.1, -0.05) is 13.0 Å². The summed E-state index contributed by atoms with van der Waals surface area (Å²) in [6, 6.07) is 10.1. The molecule has 3 rings (SSSR count). The van der Waals surface area contributed by atoms with E-state index in [-0.39, 0.29) is 5.97 Å². The van der Waals surface area contributed by atoms with Gasteiger partial charge in [0.1, 0.15) is 12.4 Å². The first-order valence-electron chi connectivity index (χ1n) is 8.84. The van der Waals surface area contributed by atoms with Crippen LogP contribution in [-0.4, -0.2) is 17.6 Å². The van der Waals surface area contributed by atoms with Crippen molar-refractivity contribution in [2.24, 2.45) is 0 Å². The van der Waals surface area contributed by atoms with Gasteiger partial charge in [-0.2, -0.15) is 0 Å². The SMILES string of the molecule is CCOC(=O)Cc1csc2cc(OCc3ccc(CC)nc3C)ccc12. The van der Waals surface area contributed by atoms with Gasteiger partial charge >= 0.3 is 5.97 Å². The average molecular weight is 369 g/mol. The van der Waals surface area contributed by atoms with Gasteiger partial charge in [0.15, 0.2) is 0 Å². The Hall–Kier alpha value is -2.40. The van der Waals surface area contributed by atoms with Crippen LogP contribution in [0.4, 0.5) is 0 Å². The maximum atomic E-state index is 11.7. The van der Waals surface area contributed by atoms with Crippen molar-refractivity contribution in [2.75, 3.05) is 6.61 Å². The Labute approximate surface area is 157 Å². The molecule has 0 aliphatic heterocycles. The normalized spacial score (nSPS) is 10.9. The zero-order chi connectivity index (χ0) is 18.5. The summed E-state index contributed by atoms with van der Waals surface area (Å²) >= 11 is 1.62. The lowest BCUT2D eigenvalue weighted by Crippen LogP contribution is -2.06. The van der Waals surface area contributed by atoms with Crippen LogP contribution in [0.15, 0.2) is 35.7 Å². The molecule has 0 atom stereocenters. The number of aryl methyl sites for hydroxylation is 2. The van der Waals surface area contributed by atoms with Crippen molar-refractivity contribution >= 4 is 27.4 Å². The molecule has 0 N–H and O–H groups in total. The second-order valence-corrected chi connectivity index (χ2v) is 7.00. The van der Waals surface area contributed by atoms with E-state index in [1.54, 1.807) is 11.3 Å². The summed E-state index contributed by atoms with van der Waals surface area (Å²) < 4.78 is 12.1. The number of carbonyl (C=O) groups excluding carboxylic acids is 1. The fraction of sp³-hybridized carbons (Fsp3) is 0.333. The summed E-state index contributed by atoms with van der Waals surface area (Å²) in [4.78, 5) is 16.3. The Balaban J connectivity index is 1.71. The zero-order valence-corrected chi connectivity index (χ0v) is 16.2. The van der Waals surface area contributed by atoms with Crippen molar-refractivity contribution in [3.05, 3.63) is 58.2 Å². The number of fused-ring (bicyclic) bond motifs is 1. The van der Waals surface area contributed by atoms with Gasteiger partial charge in [-0.25, -0.2) is 0 Å². The molecule has 4 nitrogen and oxygen atoms in total. The van der Waals surface area contributed by atoms with Gasteiger partial charge in [-0.15, -0.1) is 11.3 Å². The topological polar surface area (TPSA) is 48.4 Å². The van der Waals surface area contributed by atoms with E-state index in [0.29, 0.717) is 19.6 Å². The minimum Gasteiger partial charge on any atom is -0.489 e. The molecule has 26 heavy (non-hydrogen) atoms. The van der Waals surface area contributed by atoms with Crippen molar-refractivity contribution in [1.29, 1.82) is 0 Å². The fourth-order valence-electron chi connectivity index (χ4n) is 2.81. The number of aromatic nitrogens is 1. The van der Waals surface area contributed by atoms with Gasteiger partial charge < -0.3 is 9.47 Å². The van der Waals surface area contributed by atoms with Crippen LogP contribution in [0.5, 0.6) is 5.75 Å². The monoisotopic (exact) mass is 369 g/mol. The number of esters is 1. The third kappa shape index (κ3) is 4.22. The van der Waals surface area contributed by atoms with E-state index in [9.17, 15) is 4.79 Å². The highest BCUT2D eigenvalue weighted by atomic mass is 32.1. The van der Waals surface area contributed by atoms with Crippen molar-refractivity contribution in [2.45, 2.75) is 40.2 Å². The standard InChI is InChI=1S/C21H23NO3S/c1-4-17-7-6-15(14(3)22-17)12-25-18-8-9-19-16(10-21(23)24-5-2)13-26-20(19)11-18/h6-9,11,13H,4-5,10,12H2,1-3H3. The lowest BCUT2D eigenvalue weighted by molar-refractivity contribution is -0.142. The fourth-order valence-corrected chi connectivity index (χ4v) is 3.80. The molecule has 0 spiro atoms. The van der Waals surface area contributed by atoms with E-state index < -0.39 is 0 Å². The van der Waals surface area contributed by atoms with Crippen LogP contribution in [0, 0.1) is 6.92 Å². The third-order valence-electron chi connectivity index (χ3n) is 4.28. The van der Waals surface area contributed by atoms with Gasteiger partial charge in [-0.05, 0) is 60.9 Å². The number of pyridine rings is 1. The minimum atomic E-state index is -0.189. The number of ether oxygens (including phenoxy) is 2. The van der Waals surface area contributed by atoms with Crippen LogP contribution >= 0.6 is 11.3 Å². The highest BCUT2D eigenvalue weighted by molar-refractivity contribution is 7.17. The maximum absolute atomic E-state index is 11.7. The Morgan fingerprint density at radius 3 is 2.73 bits per heavy atom. The molecule has 136 valence electrons. The number of rotatable bonds is 7. The highest BCUT2D eigenvalue weighted by Gasteiger charge is 2.11. The molecule has 5 heteroatoms. The molecule has 0 aliphatic rings. The molecule has 2 aromatic heterocycles. The molecular weight excluding hydrogens is 346 g/mol. The van der Waals surface area contributed by atoms with Crippen molar-refractivity contribution < 1.29 is 14.3 Å². The molecule has 0 bridgehead atoms. The van der Waals surface area contributed by atoms with Crippen molar-refractivity contribution in [3.63, 3.8) is 0 Å². The summed E-state index contributed by atoms with van der Waals surface area (Å²) in [7, 11) is 0. The van der Waals surface area contributed by atoms with Crippen molar-refractivity contribution in [1.82, 2.24) is 4.98 Å². The predicted molar refractivity (Wildman–Crippen MR) is 105 cm³/mol. The molecular formula is C21H23NO3S. The molecule has 2 heterocycles. The maximum Gasteiger partial charge on any atom is 0.310 e. The molecule has 0 amide bonds. The highest BCUT2D eigenvalue weighted by Crippen LogP contribution is 2.30. The van der Waals surface area contributed by atoms with Crippen LogP contribution in [0.2, 0.25) is 0 Å². The van der Waals surface area contributed by atoms with Crippen LogP contribution in [-0.2, 0) is 29.0 Å². The number of carbonyl (C=O) groups is 1. The Morgan fingerprint density at radius 1 is 1.15 bits per heavy atom. The second-order valence-electron chi connectivity index (χ2n) is 6.09. The van der Waals surface area contributed by atoms with Crippen LogP contribution in [0.25, 0.3) is 10.1 Å². The first kappa shape index (κ1) is 18.4. The molecule has 0 unspecified atom stereocenters. The van der Waals surface area contributed by atoms with Crippen LogP contribution in [0.3, 0.4) is 0 Å². The molecule has 0 fully saturated rings. The number of thiophene rings is 1. The first-order chi connectivity index (χ1) is 12.6. The van der Waals surface area contributed by atoms with Gasteiger partial charge in [0.25, 0.3) is 0 Å². The van der Waals surface area contributed by atoms with Gasteiger partial charge in [0.2, 0.25) is 0 Å². The number of benzene rings is 1. The lowest BCUT2D eigenvalue weighted by atomic mass is 10.1. The van der Waals surface area contributed by atoms with E-state index in [0.717, 1.165) is 44.8 Å². The van der Waals surface area contributed by atoms with E-state index in [1.165, 1.54) is 0 Å². The predicted octanol–water partition coefficient (Wildman–Crippen LogP) is 4.85.